The van der Waals surface area contributed by atoms with E-state index >= 15 is 0 Å². The van der Waals surface area contributed by atoms with E-state index in [-0.39, 0.29) is 0 Å². The maximum atomic E-state index is 4.83. The summed E-state index contributed by atoms with van der Waals surface area (Å²) in [4.78, 5) is 7.29. The monoisotopic (exact) mass is 338 g/mol. The number of para-hydroxylation sites is 1. The van der Waals surface area contributed by atoms with Crippen LogP contribution < -0.4 is 5.32 Å². The van der Waals surface area contributed by atoms with Gasteiger partial charge in [0, 0.05) is 29.9 Å². The van der Waals surface area contributed by atoms with Gasteiger partial charge in [-0.3, -0.25) is 4.98 Å². The molecule has 0 bridgehead atoms. The van der Waals surface area contributed by atoms with E-state index in [1.165, 1.54) is 28.2 Å². The number of pyridine rings is 1. The van der Waals surface area contributed by atoms with Crippen molar-refractivity contribution in [3.05, 3.63) is 41.7 Å². The molecule has 2 heterocycles. The van der Waals surface area contributed by atoms with Crippen LogP contribution in [-0.4, -0.2) is 40.6 Å². The van der Waals surface area contributed by atoms with Crippen LogP contribution in [0.1, 0.15) is 31.7 Å². The summed E-state index contributed by atoms with van der Waals surface area (Å²) in [6.45, 7) is 11.9. The number of aromatic nitrogens is 2. The van der Waals surface area contributed by atoms with E-state index in [9.17, 15) is 0 Å². The summed E-state index contributed by atoms with van der Waals surface area (Å²) >= 11 is 0. The lowest BCUT2D eigenvalue weighted by Crippen LogP contribution is -2.27. The molecule has 25 heavy (non-hydrogen) atoms. The molecule has 1 N–H and O–H groups in total. The molecule has 0 atom stereocenters. The molecule has 0 unspecified atom stereocenters. The normalized spacial score (nSPS) is 11.9. The number of rotatable bonds is 8. The lowest BCUT2D eigenvalue weighted by molar-refractivity contribution is 0.298. The van der Waals surface area contributed by atoms with Crippen molar-refractivity contribution in [1.82, 2.24) is 19.8 Å². The zero-order valence-corrected chi connectivity index (χ0v) is 16.0. The molecule has 134 valence electrons. The minimum atomic E-state index is 0.832. The highest BCUT2D eigenvalue weighted by molar-refractivity contribution is 6.08. The van der Waals surface area contributed by atoms with Crippen molar-refractivity contribution >= 4 is 21.8 Å². The van der Waals surface area contributed by atoms with Gasteiger partial charge in [0.25, 0.3) is 0 Å². The summed E-state index contributed by atoms with van der Waals surface area (Å²) in [6.07, 6.45) is 1.18. The van der Waals surface area contributed by atoms with Crippen LogP contribution in [0.4, 0.5) is 0 Å². The molecule has 3 aromatic rings. The van der Waals surface area contributed by atoms with Crippen molar-refractivity contribution in [2.45, 2.75) is 33.7 Å². The maximum Gasteiger partial charge on any atom is 0.0705 e. The zero-order valence-electron chi connectivity index (χ0n) is 16.0. The first-order valence-corrected chi connectivity index (χ1v) is 9.42. The minimum absolute atomic E-state index is 0.832. The quantitative estimate of drug-likeness (QED) is 0.633. The third-order valence-corrected chi connectivity index (χ3v) is 5.14. The summed E-state index contributed by atoms with van der Waals surface area (Å²) in [5.41, 5.74) is 4.75. The molecular weight excluding hydrogens is 308 g/mol. The van der Waals surface area contributed by atoms with E-state index < -0.39 is 0 Å². The number of nitrogens with one attached hydrogen (secondary N) is 1. The number of benzene rings is 1. The van der Waals surface area contributed by atoms with Gasteiger partial charge in [0.05, 0.1) is 16.9 Å². The first-order valence-electron chi connectivity index (χ1n) is 9.42. The Morgan fingerprint density at radius 2 is 1.88 bits per heavy atom. The van der Waals surface area contributed by atoms with Crippen LogP contribution in [0, 0.1) is 6.92 Å². The van der Waals surface area contributed by atoms with Crippen LogP contribution in [0.2, 0.25) is 0 Å². The van der Waals surface area contributed by atoms with E-state index in [4.69, 9.17) is 4.98 Å². The largest absolute Gasteiger partial charge is 0.342 e. The van der Waals surface area contributed by atoms with Gasteiger partial charge in [-0.1, -0.05) is 32.0 Å². The molecule has 0 fully saturated rings. The van der Waals surface area contributed by atoms with Gasteiger partial charge >= 0.3 is 0 Å². The second-order valence-electron chi connectivity index (χ2n) is 6.73. The van der Waals surface area contributed by atoms with Crippen molar-refractivity contribution in [2.24, 2.45) is 7.05 Å². The lowest BCUT2D eigenvalue weighted by Gasteiger charge is -2.17. The standard InChI is InChI=1S/C21H30N4/c1-5-25(6-2)13-9-12-22-15-17-14-19-18-10-7-8-11-20(18)24(4)21(19)16(3)23-17/h7-8,10-11,14,22H,5-6,9,12-13,15H2,1-4H3. The molecule has 4 nitrogen and oxygen atoms in total. The number of fused-ring (bicyclic) bond motifs is 3. The predicted molar refractivity (Wildman–Crippen MR) is 107 cm³/mol. The van der Waals surface area contributed by atoms with E-state index in [0.717, 1.165) is 44.1 Å². The van der Waals surface area contributed by atoms with Crippen molar-refractivity contribution in [3.63, 3.8) is 0 Å². The Morgan fingerprint density at radius 3 is 2.64 bits per heavy atom. The molecule has 0 spiro atoms. The molecule has 0 aliphatic carbocycles. The Balaban J connectivity index is 1.72. The van der Waals surface area contributed by atoms with Crippen molar-refractivity contribution < 1.29 is 0 Å². The van der Waals surface area contributed by atoms with Crippen LogP contribution in [0.15, 0.2) is 30.3 Å². The van der Waals surface area contributed by atoms with Gasteiger partial charge in [0.1, 0.15) is 0 Å². The Bertz CT molecular complexity index is 846. The molecule has 3 rings (SSSR count). The number of nitrogens with zero attached hydrogens (tertiary/aromatic N) is 3. The Kier molecular flexibility index (Phi) is 5.71. The molecule has 0 radical (unpaired) electrons. The van der Waals surface area contributed by atoms with Crippen LogP contribution in [0.25, 0.3) is 21.8 Å². The van der Waals surface area contributed by atoms with Gasteiger partial charge in [0.15, 0.2) is 0 Å². The fraction of sp³-hybridized carbons (Fsp3) is 0.476. The van der Waals surface area contributed by atoms with Gasteiger partial charge < -0.3 is 14.8 Å². The Morgan fingerprint density at radius 1 is 1.12 bits per heavy atom. The first kappa shape index (κ1) is 17.9. The topological polar surface area (TPSA) is 33.1 Å². The third kappa shape index (κ3) is 3.70. The minimum Gasteiger partial charge on any atom is -0.342 e. The zero-order chi connectivity index (χ0) is 17.8. The van der Waals surface area contributed by atoms with Crippen LogP contribution in [-0.2, 0) is 13.6 Å². The number of hydrogen-bond acceptors (Lipinski definition) is 3. The molecular formula is C21H30N4. The van der Waals surface area contributed by atoms with Gasteiger partial charge in [-0.15, -0.1) is 0 Å². The number of hydrogen-bond donors (Lipinski definition) is 1. The average molecular weight is 338 g/mol. The summed E-state index contributed by atoms with van der Waals surface area (Å²) in [5.74, 6) is 0. The van der Waals surface area contributed by atoms with Crippen molar-refractivity contribution in [1.29, 1.82) is 0 Å². The highest BCUT2D eigenvalue weighted by atomic mass is 15.1. The summed E-state index contributed by atoms with van der Waals surface area (Å²) in [7, 11) is 2.13. The molecule has 0 aliphatic rings. The maximum absolute atomic E-state index is 4.83. The van der Waals surface area contributed by atoms with Crippen molar-refractivity contribution in [2.75, 3.05) is 26.2 Å². The Labute approximate surface area is 150 Å². The van der Waals surface area contributed by atoms with Gasteiger partial charge in [0.2, 0.25) is 0 Å². The van der Waals surface area contributed by atoms with E-state index in [0.29, 0.717) is 0 Å². The molecule has 4 heteroatoms. The third-order valence-electron chi connectivity index (χ3n) is 5.14. The van der Waals surface area contributed by atoms with Crippen LogP contribution in [0.5, 0.6) is 0 Å². The first-order chi connectivity index (χ1) is 12.2. The molecule has 0 amide bonds. The summed E-state index contributed by atoms with van der Waals surface area (Å²) in [6, 6.07) is 10.9. The summed E-state index contributed by atoms with van der Waals surface area (Å²) in [5, 5.41) is 6.18. The molecule has 0 aliphatic heterocycles. The average Bonchev–Trinajstić information content (AvgIpc) is 2.92. The lowest BCUT2D eigenvalue weighted by atomic mass is 10.1. The predicted octanol–water partition coefficient (Wildman–Crippen LogP) is 3.86. The van der Waals surface area contributed by atoms with Crippen molar-refractivity contribution in [3.8, 4) is 0 Å². The van der Waals surface area contributed by atoms with Crippen LogP contribution >= 0.6 is 0 Å². The van der Waals surface area contributed by atoms with E-state index in [1.807, 2.05) is 0 Å². The smallest absolute Gasteiger partial charge is 0.0705 e. The van der Waals surface area contributed by atoms with Gasteiger partial charge in [-0.25, -0.2) is 0 Å². The SMILES string of the molecule is CCN(CC)CCCNCc1cc2c3ccccc3n(C)c2c(C)n1. The second-order valence-corrected chi connectivity index (χ2v) is 6.73. The fourth-order valence-corrected chi connectivity index (χ4v) is 3.75. The second kappa shape index (κ2) is 7.98. The Hall–Kier alpha value is -1.91. The van der Waals surface area contributed by atoms with E-state index in [1.54, 1.807) is 0 Å². The molecule has 0 saturated heterocycles. The molecule has 1 aromatic carbocycles. The number of aryl methyl sites for hydroxylation is 2. The van der Waals surface area contributed by atoms with Crippen LogP contribution in [0.3, 0.4) is 0 Å². The molecule has 2 aromatic heterocycles. The fourth-order valence-electron chi connectivity index (χ4n) is 3.75. The summed E-state index contributed by atoms with van der Waals surface area (Å²) < 4.78 is 2.26. The highest BCUT2D eigenvalue weighted by Gasteiger charge is 2.12. The highest BCUT2D eigenvalue weighted by Crippen LogP contribution is 2.29. The van der Waals surface area contributed by atoms with Gasteiger partial charge in [-0.2, -0.15) is 0 Å². The van der Waals surface area contributed by atoms with E-state index in [2.05, 4.69) is 72.9 Å². The molecule has 0 saturated carbocycles. The van der Waals surface area contributed by atoms with Gasteiger partial charge in [-0.05, 0) is 51.7 Å².